The largest absolute Gasteiger partial charge is 0.370 e. The molecule has 0 spiro atoms. The Morgan fingerprint density at radius 2 is 1.94 bits per heavy atom. The van der Waals surface area contributed by atoms with E-state index < -0.39 is 0 Å². The lowest BCUT2D eigenvalue weighted by Crippen LogP contribution is -2.33. The van der Waals surface area contributed by atoms with Crippen molar-refractivity contribution >= 4 is 23.2 Å². The van der Waals surface area contributed by atoms with Crippen LogP contribution in [0.1, 0.15) is 23.6 Å². The summed E-state index contributed by atoms with van der Waals surface area (Å²) in [6.45, 7) is 8.12. The van der Waals surface area contributed by atoms with Gasteiger partial charge in [0.25, 0.3) is 0 Å². The Kier molecular flexibility index (Phi) is 4.33. The van der Waals surface area contributed by atoms with Crippen molar-refractivity contribution in [2.75, 3.05) is 29.5 Å². The van der Waals surface area contributed by atoms with E-state index in [1.54, 1.807) is 6.92 Å². The molecular formula is C15H21NOS. The third-order valence-electron chi connectivity index (χ3n) is 3.37. The predicted octanol–water partition coefficient (Wildman–Crippen LogP) is 2.99. The van der Waals surface area contributed by atoms with E-state index in [0.29, 0.717) is 6.42 Å². The summed E-state index contributed by atoms with van der Waals surface area (Å²) in [6, 6.07) is 4.42. The molecule has 1 aliphatic rings. The van der Waals surface area contributed by atoms with Crippen LogP contribution in [0.15, 0.2) is 12.1 Å². The highest BCUT2D eigenvalue weighted by atomic mass is 32.2. The highest BCUT2D eigenvalue weighted by Crippen LogP contribution is 2.28. The van der Waals surface area contributed by atoms with Crippen LogP contribution in [0.25, 0.3) is 0 Å². The summed E-state index contributed by atoms with van der Waals surface area (Å²) in [5.74, 6) is 2.62. The third-order valence-corrected chi connectivity index (χ3v) is 4.31. The second kappa shape index (κ2) is 5.79. The van der Waals surface area contributed by atoms with Crippen LogP contribution in [0.2, 0.25) is 0 Å². The van der Waals surface area contributed by atoms with Crippen molar-refractivity contribution in [2.24, 2.45) is 0 Å². The first kappa shape index (κ1) is 13.5. The number of rotatable bonds is 3. The third kappa shape index (κ3) is 3.08. The molecule has 0 N–H and O–H groups in total. The maximum absolute atomic E-state index is 11.5. The van der Waals surface area contributed by atoms with Gasteiger partial charge in [-0.2, -0.15) is 11.8 Å². The number of thioether (sulfide) groups is 1. The number of Topliss-reactive ketones (excluding diaryl/α,β-unsaturated/α-hetero) is 1. The number of carbonyl (C=O) groups is 1. The van der Waals surface area contributed by atoms with Crippen LogP contribution in [-0.4, -0.2) is 30.4 Å². The zero-order chi connectivity index (χ0) is 13.1. The fourth-order valence-corrected chi connectivity index (χ4v) is 3.44. The van der Waals surface area contributed by atoms with E-state index in [-0.39, 0.29) is 5.78 Å². The van der Waals surface area contributed by atoms with Gasteiger partial charge in [-0.25, -0.2) is 0 Å². The van der Waals surface area contributed by atoms with Crippen LogP contribution in [0.3, 0.4) is 0 Å². The number of anilines is 1. The fourth-order valence-electron chi connectivity index (χ4n) is 2.54. The van der Waals surface area contributed by atoms with Gasteiger partial charge in [0.1, 0.15) is 5.78 Å². The van der Waals surface area contributed by atoms with E-state index in [2.05, 4.69) is 30.9 Å². The number of hydrogen-bond acceptors (Lipinski definition) is 3. The van der Waals surface area contributed by atoms with Crippen LogP contribution in [0.4, 0.5) is 5.69 Å². The minimum Gasteiger partial charge on any atom is -0.370 e. The number of carbonyl (C=O) groups excluding carboxylic acids is 1. The molecule has 0 aliphatic carbocycles. The molecule has 0 atom stereocenters. The summed E-state index contributed by atoms with van der Waals surface area (Å²) >= 11 is 2.01. The monoisotopic (exact) mass is 263 g/mol. The van der Waals surface area contributed by atoms with E-state index in [4.69, 9.17) is 0 Å². The lowest BCUT2D eigenvalue weighted by atomic mass is 9.98. The lowest BCUT2D eigenvalue weighted by Gasteiger charge is -2.31. The van der Waals surface area contributed by atoms with Gasteiger partial charge >= 0.3 is 0 Å². The van der Waals surface area contributed by atoms with Crippen molar-refractivity contribution in [3.8, 4) is 0 Å². The number of hydrogen-bond donors (Lipinski definition) is 0. The zero-order valence-corrected chi connectivity index (χ0v) is 12.3. The minimum atomic E-state index is 0.245. The normalized spacial score (nSPS) is 15.8. The molecule has 0 bridgehead atoms. The molecule has 0 aromatic heterocycles. The number of aryl methyl sites for hydroxylation is 2. The number of ketones is 1. The van der Waals surface area contributed by atoms with Gasteiger partial charge in [0, 0.05) is 36.7 Å². The van der Waals surface area contributed by atoms with Gasteiger partial charge in [-0.1, -0.05) is 6.07 Å². The average Bonchev–Trinajstić information content (AvgIpc) is 2.33. The van der Waals surface area contributed by atoms with Crippen molar-refractivity contribution in [1.29, 1.82) is 0 Å². The molecule has 1 aromatic carbocycles. The van der Waals surface area contributed by atoms with E-state index in [1.807, 2.05) is 11.8 Å². The van der Waals surface area contributed by atoms with Crippen molar-refractivity contribution in [2.45, 2.75) is 27.2 Å². The van der Waals surface area contributed by atoms with Crippen LogP contribution in [0, 0.1) is 13.8 Å². The highest BCUT2D eigenvalue weighted by molar-refractivity contribution is 7.99. The van der Waals surface area contributed by atoms with Gasteiger partial charge in [-0.3, -0.25) is 4.79 Å². The predicted molar refractivity (Wildman–Crippen MR) is 79.8 cm³/mol. The summed E-state index contributed by atoms with van der Waals surface area (Å²) in [5.41, 5.74) is 5.04. The molecule has 0 radical (unpaired) electrons. The zero-order valence-electron chi connectivity index (χ0n) is 11.5. The van der Waals surface area contributed by atoms with Gasteiger partial charge in [0.15, 0.2) is 0 Å². The molecule has 0 unspecified atom stereocenters. The van der Waals surface area contributed by atoms with Crippen LogP contribution in [0.5, 0.6) is 0 Å². The van der Waals surface area contributed by atoms with Crippen molar-refractivity contribution in [3.05, 3.63) is 28.8 Å². The maximum atomic E-state index is 11.5. The van der Waals surface area contributed by atoms with Gasteiger partial charge in [0.2, 0.25) is 0 Å². The molecule has 0 amide bonds. The molecule has 3 heteroatoms. The van der Waals surface area contributed by atoms with E-state index in [9.17, 15) is 4.79 Å². The standard InChI is InChI=1S/C15H21NOS/c1-11-8-12(2)14(10-13(3)17)15(9-11)16-4-6-18-7-5-16/h8-9H,4-7,10H2,1-3H3. The molecule has 2 rings (SSSR count). The number of nitrogens with zero attached hydrogens (tertiary/aromatic N) is 1. The van der Waals surface area contributed by atoms with Crippen LogP contribution in [-0.2, 0) is 11.2 Å². The average molecular weight is 263 g/mol. The Hall–Kier alpha value is -0.960. The van der Waals surface area contributed by atoms with E-state index in [1.165, 1.54) is 33.9 Å². The first-order chi connectivity index (χ1) is 8.58. The minimum absolute atomic E-state index is 0.245. The SMILES string of the molecule is CC(=O)Cc1c(C)cc(C)cc1N1CCSCC1. The molecule has 1 aliphatic heterocycles. The van der Waals surface area contributed by atoms with Gasteiger partial charge in [-0.15, -0.1) is 0 Å². The molecule has 0 saturated carbocycles. The molecule has 1 saturated heterocycles. The number of benzene rings is 1. The summed E-state index contributed by atoms with van der Waals surface area (Å²) < 4.78 is 0. The molecule has 1 heterocycles. The smallest absolute Gasteiger partial charge is 0.134 e. The van der Waals surface area contributed by atoms with Crippen LogP contribution < -0.4 is 4.90 Å². The Morgan fingerprint density at radius 1 is 1.28 bits per heavy atom. The molecule has 1 fully saturated rings. The quantitative estimate of drug-likeness (QED) is 0.836. The fraction of sp³-hybridized carbons (Fsp3) is 0.533. The summed E-state index contributed by atoms with van der Waals surface area (Å²) in [4.78, 5) is 13.9. The maximum Gasteiger partial charge on any atom is 0.134 e. The Labute approximate surface area is 114 Å². The first-order valence-corrected chi connectivity index (χ1v) is 7.65. The van der Waals surface area contributed by atoms with E-state index >= 15 is 0 Å². The first-order valence-electron chi connectivity index (χ1n) is 6.50. The lowest BCUT2D eigenvalue weighted by molar-refractivity contribution is -0.116. The molecular weight excluding hydrogens is 242 g/mol. The van der Waals surface area contributed by atoms with Crippen molar-refractivity contribution in [1.82, 2.24) is 0 Å². The molecule has 18 heavy (non-hydrogen) atoms. The highest BCUT2D eigenvalue weighted by Gasteiger charge is 2.17. The van der Waals surface area contributed by atoms with E-state index in [0.717, 1.165) is 13.1 Å². The summed E-state index contributed by atoms with van der Waals surface area (Å²) in [5, 5.41) is 0. The molecule has 1 aromatic rings. The van der Waals surface area contributed by atoms with Gasteiger partial charge < -0.3 is 4.90 Å². The Morgan fingerprint density at radius 3 is 2.56 bits per heavy atom. The van der Waals surface area contributed by atoms with Crippen LogP contribution >= 0.6 is 11.8 Å². The van der Waals surface area contributed by atoms with Crippen molar-refractivity contribution < 1.29 is 4.79 Å². The second-order valence-corrected chi connectivity index (χ2v) is 6.28. The Bertz CT molecular complexity index is 450. The van der Waals surface area contributed by atoms with Gasteiger partial charge in [-0.05, 0) is 43.5 Å². The topological polar surface area (TPSA) is 20.3 Å². The molecule has 2 nitrogen and oxygen atoms in total. The Balaban J connectivity index is 2.38. The second-order valence-electron chi connectivity index (χ2n) is 5.06. The summed E-state index contributed by atoms with van der Waals surface area (Å²) in [6.07, 6.45) is 0.561. The molecule has 98 valence electrons. The van der Waals surface area contributed by atoms with Crippen molar-refractivity contribution in [3.63, 3.8) is 0 Å². The summed E-state index contributed by atoms with van der Waals surface area (Å²) in [7, 11) is 0. The van der Waals surface area contributed by atoms with Gasteiger partial charge in [0.05, 0.1) is 0 Å².